The highest BCUT2D eigenvalue weighted by Gasteiger charge is 2.26. The molecule has 3 unspecified atom stereocenters. The Labute approximate surface area is 73.7 Å². The summed E-state index contributed by atoms with van der Waals surface area (Å²) >= 11 is 0. The lowest BCUT2D eigenvalue weighted by atomic mass is 10.4. The second-order valence-corrected chi connectivity index (χ2v) is 4.28. The van der Waals surface area contributed by atoms with Crippen molar-refractivity contribution in [2.75, 3.05) is 18.1 Å². The maximum absolute atomic E-state index is 11.1. The van der Waals surface area contributed by atoms with Crippen LogP contribution in [0.25, 0.3) is 0 Å². The molecule has 1 aliphatic rings. The minimum absolute atomic E-state index is 0.180. The summed E-state index contributed by atoms with van der Waals surface area (Å²) in [6.45, 7) is 2.22. The zero-order chi connectivity index (χ0) is 8.97. The Bertz CT molecular complexity index is 182. The fourth-order valence-corrected chi connectivity index (χ4v) is 1.78. The molecule has 70 valence electrons. The van der Waals surface area contributed by atoms with Crippen LogP contribution in [0.2, 0.25) is 0 Å². The Morgan fingerprint density at radius 1 is 1.67 bits per heavy atom. The monoisotopic (exact) mass is 192 g/mol. The molecule has 1 rings (SSSR count). The van der Waals surface area contributed by atoms with Crippen LogP contribution in [0.4, 0.5) is 0 Å². The van der Waals surface area contributed by atoms with Gasteiger partial charge in [-0.3, -0.25) is 9.00 Å². The number of rotatable bonds is 4. The van der Waals surface area contributed by atoms with Crippen molar-refractivity contribution in [3.05, 3.63) is 0 Å². The summed E-state index contributed by atoms with van der Waals surface area (Å²) in [6, 6.07) is 0. The van der Waals surface area contributed by atoms with Gasteiger partial charge in [0.25, 0.3) is 0 Å². The van der Waals surface area contributed by atoms with E-state index in [9.17, 15) is 9.00 Å². The Kier molecular flexibility index (Phi) is 3.84. The summed E-state index contributed by atoms with van der Waals surface area (Å²) in [5.74, 6) is 1.08. The first-order valence-corrected chi connectivity index (χ1v) is 5.32. The first-order valence-electron chi connectivity index (χ1n) is 3.83. The van der Waals surface area contributed by atoms with Gasteiger partial charge in [-0.2, -0.15) is 0 Å². The van der Waals surface area contributed by atoms with Gasteiger partial charge in [0.2, 0.25) is 6.29 Å². The van der Waals surface area contributed by atoms with Crippen molar-refractivity contribution >= 4 is 17.1 Å². The molecule has 0 aliphatic carbocycles. The third kappa shape index (κ3) is 2.66. The van der Waals surface area contributed by atoms with Crippen molar-refractivity contribution in [2.45, 2.75) is 19.3 Å². The van der Waals surface area contributed by atoms with Gasteiger partial charge in [-0.25, -0.2) is 0 Å². The number of hydrogen-bond acceptors (Lipinski definition) is 4. The van der Waals surface area contributed by atoms with Crippen molar-refractivity contribution in [1.29, 1.82) is 0 Å². The summed E-state index contributed by atoms with van der Waals surface area (Å²) in [5, 5.41) is 0. The fraction of sp³-hybridized carbons (Fsp3) is 0.857. The topological polar surface area (TPSA) is 52.6 Å². The molecule has 0 N–H and O–H groups in total. The van der Waals surface area contributed by atoms with Crippen molar-refractivity contribution in [3.8, 4) is 0 Å². The van der Waals surface area contributed by atoms with Gasteiger partial charge < -0.3 is 9.47 Å². The lowest BCUT2D eigenvalue weighted by Crippen LogP contribution is -2.21. The Balaban J connectivity index is 2.27. The Hall–Kier alpha value is -0.260. The van der Waals surface area contributed by atoms with Gasteiger partial charge in [0.1, 0.15) is 0 Å². The van der Waals surface area contributed by atoms with E-state index < -0.39 is 17.1 Å². The molecular weight excluding hydrogens is 180 g/mol. The largest absolute Gasteiger partial charge is 0.343 e. The first kappa shape index (κ1) is 9.83. The van der Waals surface area contributed by atoms with Crippen molar-refractivity contribution < 1.29 is 18.5 Å². The van der Waals surface area contributed by atoms with Gasteiger partial charge in [-0.05, 0) is 0 Å². The van der Waals surface area contributed by atoms with Crippen molar-refractivity contribution in [1.82, 2.24) is 0 Å². The summed E-state index contributed by atoms with van der Waals surface area (Å²) in [5.41, 5.74) is 0. The van der Waals surface area contributed by atoms with E-state index in [1.807, 2.05) is 6.92 Å². The average Bonchev–Trinajstić information content (AvgIpc) is 2.52. The molecule has 0 bridgehead atoms. The van der Waals surface area contributed by atoms with Crippen LogP contribution >= 0.6 is 0 Å². The second kappa shape index (κ2) is 4.69. The molecule has 5 heteroatoms. The second-order valence-electron chi connectivity index (χ2n) is 2.49. The molecule has 3 atom stereocenters. The van der Waals surface area contributed by atoms with Gasteiger partial charge >= 0.3 is 0 Å². The highest BCUT2D eigenvalue weighted by Crippen LogP contribution is 2.10. The maximum atomic E-state index is 11.1. The third-order valence-electron chi connectivity index (χ3n) is 1.58. The molecule has 4 nitrogen and oxygen atoms in total. The van der Waals surface area contributed by atoms with Crippen LogP contribution in [0.3, 0.4) is 0 Å². The normalized spacial score (nSPS) is 31.8. The summed E-state index contributed by atoms with van der Waals surface area (Å²) in [7, 11) is -0.855. The van der Waals surface area contributed by atoms with Crippen molar-refractivity contribution in [3.63, 3.8) is 0 Å². The lowest BCUT2D eigenvalue weighted by Gasteiger charge is -2.05. The van der Waals surface area contributed by atoms with Gasteiger partial charge in [-0.1, -0.05) is 6.92 Å². The van der Waals surface area contributed by atoms with E-state index in [1.54, 1.807) is 0 Å². The van der Waals surface area contributed by atoms with Crippen LogP contribution in [0.1, 0.15) is 6.92 Å². The molecule has 0 aromatic carbocycles. The highest BCUT2D eigenvalue weighted by atomic mass is 32.2. The lowest BCUT2D eigenvalue weighted by molar-refractivity contribution is -0.132. The van der Waals surface area contributed by atoms with Crippen LogP contribution in [0.15, 0.2) is 0 Å². The van der Waals surface area contributed by atoms with Crippen LogP contribution in [-0.2, 0) is 25.1 Å². The minimum atomic E-state index is -0.855. The highest BCUT2D eigenvalue weighted by molar-refractivity contribution is 7.84. The third-order valence-corrected chi connectivity index (χ3v) is 2.97. The number of aldehydes is 1. The predicted octanol–water partition coefficient (Wildman–Crippen LogP) is -0.305. The zero-order valence-electron chi connectivity index (χ0n) is 6.89. The smallest absolute Gasteiger partial charge is 0.215 e. The molecule has 0 aromatic rings. The minimum Gasteiger partial charge on any atom is -0.343 e. The van der Waals surface area contributed by atoms with Crippen LogP contribution in [0.5, 0.6) is 0 Å². The number of ether oxygens (including phenoxy) is 2. The quantitative estimate of drug-likeness (QED) is 0.574. The Morgan fingerprint density at radius 3 is 2.92 bits per heavy atom. The zero-order valence-corrected chi connectivity index (χ0v) is 7.71. The summed E-state index contributed by atoms with van der Waals surface area (Å²) in [6.07, 6.45) is -0.320. The maximum Gasteiger partial charge on any atom is 0.215 e. The Morgan fingerprint density at radius 2 is 2.42 bits per heavy atom. The molecule has 0 radical (unpaired) electrons. The number of carbonyl (C=O) groups excluding carboxylic acids is 1. The standard InChI is InChI=1S/C7H12O4S/c1-2-12(9)5-6-4-10-7(3-8)11-6/h3,6-7H,2,4-5H2,1H3. The number of hydrogen-bond donors (Lipinski definition) is 0. The first-order chi connectivity index (χ1) is 5.76. The molecule has 0 amide bonds. The molecule has 1 fully saturated rings. The van der Waals surface area contributed by atoms with Crippen LogP contribution in [0, 0.1) is 0 Å². The van der Waals surface area contributed by atoms with Crippen LogP contribution < -0.4 is 0 Å². The molecule has 12 heavy (non-hydrogen) atoms. The summed E-state index contributed by atoms with van der Waals surface area (Å²) in [4.78, 5) is 10.2. The summed E-state index contributed by atoms with van der Waals surface area (Å²) < 4.78 is 21.1. The van der Waals surface area contributed by atoms with E-state index in [4.69, 9.17) is 9.47 Å². The molecule has 0 aromatic heterocycles. The average molecular weight is 192 g/mol. The molecule has 1 heterocycles. The van der Waals surface area contributed by atoms with Gasteiger partial charge in [-0.15, -0.1) is 0 Å². The van der Waals surface area contributed by atoms with Gasteiger partial charge in [0.05, 0.1) is 18.5 Å². The molecular formula is C7H12O4S. The predicted molar refractivity (Wildman–Crippen MR) is 44.2 cm³/mol. The molecule has 1 aliphatic heterocycles. The number of carbonyl (C=O) groups is 1. The fourth-order valence-electron chi connectivity index (χ4n) is 0.954. The molecule has 1 saturated heterocycles. The van der Waals surface area contributed by atoms with Crippen molar-refractivity contribution in [2.24, 2.45) is 0 Å². The van der Waals surface area contributed by atoms with Gasteiger partial charge in [0, 0.05) is 16.6 Å². The van der Waals surface area contributed by atoms with E-state index in [-0.39, 0.29) is 6.10 Å². The van der Waals surface area contributed by atoms with E-state index in [2.05, 4.69) is 0 Å². The SMILES string of the molecule is CCS(=O)CC1COC(C=O)O1. The van der Waals surface area contributed by atoms with Gasteiger partial charge in [0.15, 0.2) is 6.29 Å². The van der Waals surface area contributed by atoms with E-state index >= 15 is 0 Å². The van der Waals surface area contributed by atoms with E-state index in [0.29, 0.717) is 24.4 Å². The van der Waals surface area contributed by atoms with E-state index in [1.165, 1.54) is 0 Å². The molecule has 0 spiro atoms. The molecule has 0 saturated carbocycles. The van der Waals surface area contributed by atoms with E-state index in [0.717, 1.165) is 0 Å². The van der Waals surface area contributed by atoms with Crippen LogP contribution in [-0.4, -0.2) is 41.0 Å².